The van der Waals surface area contributed by atoms with Gasteiger partial charge in [0.1, 0.15) is 13.2 Å². The van der Waals surface area contributed by atoms with Gasteiger partial charge in [-0.1, -0.05) is 30.3 Å². The Balaban J connectivity index is 1.57. The molecule has 7 nitrogen and oxygen atoms in total. The summed E-state index contributed by atoms with van der Waals surface area (Å²) in [6.07, 6.45) is 0. The number of hydrogen-bond donors (Lipinski definition) is 2. The van der Waals surface area contributed by atoms with Crippen molar-refractivity contribution in [2.45, 2.75) is 4.90 Å². The first-order valence-corrected chi connectivity index (χ1v) is 10.4. The van der Waals surface area contributed by atoms with E-state index in [2.05, 4.69) is 10.0 Å². The molecule has 2 N–H and O–H groups in total. The molecule has 0 fully saturated rings. The Bertz CT molecular complexity index is 1150. The minimum atomic E-state index is -3.79. The van der Waals surface area contributed by atoms with Gasteiger partial charge >= 0.3 is 0 Å². The maximum atomic E-state index is 12.7. The number of fused-ring (bicyclic) bond motifs is 1. The lowest BCUT2D eigenvalue weighted by atomic mass is 10.1. The zero-order valence-corrected chi connectivity index (χ0v) is 16.1. The number of anilines is 2. The lowest BCUT2D eigenvalue weighted by molar-refractivity contribution is 0.102. The van der Waals surface area contributed by atoms with Gasteiger partial charge in [-0.05, 0) is 42.5 Å². The number of benzene rings is 3. The number of ether oxygens (including phenoxy) is 2. The molecule has 1 heterocycles. The number of rotatable bonds is 5. The molecule has 4 rings (SSSR count). The van der Waals surface area contributed by atoms with E-state index in [9.17, 15) is 13.2 Å². The van der Waals surface area contributed by atoms with Gasteiger partial charge in [-0.15, -0.1) is 0 Å². The van der Waals surface area contributed by atoms with Crippen LogP contribution in [0.5, 0.6) is 11.5 Å². The van der Waals surface area contributed by atoms with Crippen LogP contribution < -0.4 is 19.5 Å². The van der Waals surface area contributed by atoms with Gasteiger partial charge < -0.3 is 14.8 Å². The van der Waals surface area contributed by atoms with Crippen LogP contribution in [0, 0.1) is 0 Å². The van der Waals surface area contributed by atoms with Gasteiger partial charge in [-0.25, -0.2) is 8.42 Å². The highest BCUT2D eigenvalue weighted by molar-refractivity contribution is 7.92. The number of nitrogens with one attached hydrogen (secondary N) is 2. The van der Waals surface area contributed by atoms with Crippen LogP contribution in [-0.4, -0.2) is 27.5 Å². The van der Waals surface area contributed by atoms with Gasteiger partial charge in [0.05, 0.1) is 16.3 Å². The third kappa shape index (κ3) is 4.17. The SMILES string of the molecule is O=C(Nc1ccccc1NS(=O)(=O)c1ccccc1)c1ccc2c(c1)OCCO2. The second kappa shape index (κ2) is 7.84. The number of carbonyl (C=O) groups excluding carboxylic acids is 1. The summed E-state index contributed by atoms with van der Waals surface area (Å²) < 4.78 is 38.7. The van der Waals surface area contributed by atoms with Crippen molar-refractivity contribution in [1.82, 2.24) is 0 Å². The van der Waals surface area contributed by atoms with Gasteiger partial charge in [0.15, 0.2) is 11.5 Å². The average molecular weight is 410 g/mol. The van der Waals surface area contributed by atoms with Crippen LogP contribution in [0.1, 0.15) is 10.4 Å². The number of carbonyl (C=O) groups is 1. The number of amides is 1. The molecule has 0 spiro atoms. The predicted octanol–water partition coefficient (Wildman–Crippen LogP) is 3.51. The van der Waals surface area contributed by atoms with E-state index < -0.39 is 15.9 Å². The van der Waals surface area contributed by atoms with Crippen molar-refractivity contribution >= 4 is 27.3 Å². The molecule has 3 aromatic rings. The van der Waals surface area contributed by atoms with E-state index in [0.717, 1.165) is 0 Å². The van der Waals surface area contributed by atoms with Crippen molar-refractivity contribution in [1.29, 1.82) is 0 Å². The second-order valence-corrected chi connectivity index (χ2v) is 7.96. The molecule has 0 atom stereocenters. The van der Waals surface area contributed by atoms with Crippen molar-refractivity contribution in [3.05, 3.63) is 78.4 Å². The Labute approximate surface area is 168 Å². The Morgan fingerprint density at radius 1 is 0.793 bits per heavy atom. The minimum Gasteiger partial charge on any atom is -0.486 e. The fraction of sp³-hybridized carbons (Fsp3) is 0.0952. The summed E-state index contributed by atoms with van der Waals surface area (Å²) in [6, 6.07) is 19.5. The fourth-order valence-electron chi connectivity index (χ4n) is 2.86. The first-order chi connectivity index (χ1) is 14.0. The molecule has 0 aromatic heterocycles. The molecule has 148 valence electrons. The highest BCUT2D eigenvalue weighted by Gasteiger charge is 2.18. The van der Waals surface area contributed by atoms with Crippen LogP contribution in [0.3, 0.4) is 0 Å². The zero-order valence-electron chi connectivity index (χ0n) is 15.3. The van der Waals surface area contributed by atoms with E-state index in [-0.39, 0.29) is 10.6 Å². The molecule has 0 saturated heterocycles. The van der Waals surface area contributed by atoms with Crippen LogP contribution in [0.15, 0.2) is 77.7 Å². The van der Waals surface area contributed by atoms with Gasteiger partial charge in [0, 0.05) is 5.56 Å². The third-order valence-corrected chi connectivity index (χ3v) is 5.66. The molecular weight excluding hydrogens is 392 g/mol. The predicted molar refractivity (Wildman–Crippen MR) is 109 cm³/mol. The summed E-state index contributed by atoms with van der Waals surface area (Å²) in [5.41, 5.74) is 0.976. The van der Waals surface area contributed by atoms with Crippen LogP contribution in [-0.2, 0) is 10.0 Å². The van der Waals surface area contributed by atoms with E-state index in [0.29, 0.717) is 36.0 Å². The number of hydrogen-bond acceptors (Lipinski definition) is 5. The molecule has 0 unspecified atom stereocenters. The molecular formula is C21H18N2O5S. The molecule has 29 heavy (non-hydrogen) atoms. The van der Waals surface area contributed by atoms with E-state index in [1.165, 1.54) is 12.1 Å². The van der Waals surface area contributed by atoms with Gasteiger partial charge in [-0.2, -0.15) is 0 Å². The van der Waals surface area contributed by atoms with E-state index in [1.807, 2.05) is 0 Å². The molecule has 8 heteroatoms. The lowest BCUT2D eigenvalue weighted by Gasteiger charge is -2.19. The lowest BCUT2D eigenvalue weighted by Crippen LogP contribution is -2.18. The maximum absolute atomic E-state index is 12.7. The molecule has 1 aliphatic rings. The number of para-hydroxylation sites is 2. The van der Waals surface area contributed by atoms with E-state index in [1.54, 1.807) is 60.7 Å². The van der Waals surface area contributed by atoms with Crippen molar-refractivity contribution in [2.75, 3.05) is 23.3 Å². The molecule has 0 saturated carbocycles. The minimum absolute atomic E-state index is 0.132. The summed E-state index contributed by atoms with van der Waals surface area (Å²) in [5.74, 6) is 0.694. The van der Waals surface area contributed by atoms with Crippen LogP contribution in [0.2, 0.25) is 0 Å². The second-order valence-electron chi connectivity index (χ2n) is 6.28. The van der Waals surface area contributed by atoms with Gasteiger partial charge in [0.2, 0.25) is 0 Å². The summed E-state index contributed by atoms with van der Waals surface area (Å²) in [5, 5.41) is 2.75. The Morgan fingerprint density at radius 3 is 2.21 bits per heavy atom. The topological polar surface area (TPSA) is 93.7 Å². The van der Waals surface area contributed by atoms with Gasteiger partial charge in [-0.3, -0.25) is 9.52 Å². The van der Waals surface area contributed by atoms with E-state index in [4.69, 9.17) is 9.47 Å². The van der Waals surface area contributed by atoms with E-state index >= 15 is 0 Å². The normalized spacial score (nSPS) is 12.8. The van der Waals surface area contributed by atoms with Crippen LogP contribution >= 0.6 is 0 Å². The molecule has 1 aliphatic heterocycles. The summed E-state index contributed by atoms with van der Waals surface area (Å²) in [6.45, 7) is 0.885. The monoisotopic (exact) mass is 410 g/mol. The molecule has 0 aliphatic carbocycles. The first-order valence-electron chi connectivity index (χ1n) is 8.91. The standard InChI is InChI=1S/C21H18N2O5S/c24-21(15-10-11-19-20(14-15)28-13-12-27-19)22-17-8-4-5-9-18(17)23-29(25,26)16-6-2-1-3-7-16/h1-11,14,23H,12-13H2,(H,22,24). The maximum Gasteiger partial charge on any atom is 0.261 e. The quantitative estimate of drug-likeness (QED) is 0.671. The third-order valence-electron chi connectivity index (χ3n) is 4.28. The molecule has 0 bridgehead atoms. The smallest absolute Gasteiger partial charge is 0.261 e. The van der Waals surface area contributed by atoms with Gasteiger partial charge in [0.25, 0.3) is 15.9 Å². The van der Waals surface area contributed by atoms with Crippen molar-refractivity contribution in [2.24, 2.45) is 0 Å². The highest BCUT2D eigenvalue weighted by Crippen LogP contribution is 2.31. The van der Waals surface area contributed by atoms with Crippen molar-refractivity contribution < 1.29 is 22.7 Å². The zero-order chi connectivity index (χ0) is 20.3. The van der Waals surface area contributed by atoms with Crippen molar-refractivity contribution in [3.63, 3.8) is 0 Å². The Kier molecular flexibility index (Phi) is 5.09. The largest absolute Gasteiger partial charge is 0.486 e. The summed E-state index contributed by atoms with van der Waals surface area (Å²) in [4.78, 5) is 12.8. The van der Waals surface area contributed by atoms with Crippen molar-refractivity contribution in [3.8, 4) is 11.5 Å². The average Bonchev–Trinajstić information content (AvgIpc) is 2.75. The first kappa shape index (κ1) is 18.8. The molecule has 0 radical (unpaired) electrons. The van der Waals surface area contributed by atoms with Crippen LogP contribution in [0.4, 0.5) is 11.4 Å². The molecule has 1 amide bonds. The Morgan fingerprint density at radius 2 is 1.45 bits per heavy atom. The summed E-state index contributed by atoms with van der Waals surface area (Å²) in [7, 11) is -3.79. The Hall–Kier alpha value is -3.52. The molecule has 3 aromatic carbocycles. The van der Waals surface area contributed by atoms with Crippen LogP contribution in [0.25, 0.3) is 0 Å². The number of sulfonamides is 1. The fourth-order valence-corrected chi connectivity index (χ4v) is 3.96. The summed E-state index contributed by atoms with van der Waals surface area (Å²) >= 11 is 0. The highest BCUT2D eigenvalue weighted by atomic mass is 32.2.